The zero-order valence-electron chi connectivity index (χ0n) is 31.0. The minimum atomic E-state index is 0.587. The first-order chi connectivity index (χ1) is 28.8. The zero-order valence-corrected chi connectivity index (χ0v) is 31.0. The van der Waals surface area contributed by atoms with Crippen LogP contribution in [0.3, 0.4) is 0 Å². The highest BCUT2D eigenvalue weighted by Gasteiger charge is 2.36. The van der Waals surface area contributed by atoms with E-state index in [1.54, 1.807) is 0 Å². The van der Waals surface area contributed by atoms with Crippen molar-refractivity contribution in [3.63, 3.8) is 0 Å². The summed E-state index contributed by atoms with van der Waals surface area (Å²) in [5, 5.41) is 5.77. The van der Waals surface area contributed by atoms with E-state index in [-0.39, 0.29) is 0 Å². The maximum atomic E-state index is 7.13. The Morgan fingerprint density at radius 3 is 1.91 bits per heavy atom. The highest BCUT2D eigenvalue weighted by atomic mass is 16.5. The van der Waals surface area contributed by atoms with E-state index < -0.39 is 0 Å². The first-order valence-electron chi connectivity index (χ1n) is 19.6. The highest BCUT2D eigenvalue weighted by Crippen LogP contribution is 2.57. The largest absolute Gasteiger partial charge is 0.451 e. The van der Waals surface area contributed by atoms with Gasteiger partial charge in [-0.05, 0) is 71.8 Å². The average Bonchev–Trinajstić information content (AvgIpc) is 3.93. The van der Waals surface area contributed by atoms with E-state index in [1.807, 2.05) is 12.1 Å². The van der Waals surface area contributed by atoms with Crippen LogP contribution in [-0.2, 0) is 0 Å². The van der Waals surface area contributed by atoms with Crippen LogP contribution in [0.15, 0.2) is 188 Å². The van der Waals surface area contributed by atoms with Gasteiger partial charge in [0.2, 0.25) is 5.95 Å². The molecular weight excluding hydrogens is 711 g/mol. The predicted molar refractivity (Wildman–Crippen MR) is 237 cm³/mol. The van der Waals surface area contributed by atoms with Gasteiger partial charge in [0, 0.05) is 38.2 Å². The lowest BCUT2D eigenvalue weighted by atomic mass is 10.0. The summed E-state index contributed by atoms with van der Waals surface area (Å²) in [6.45, 7) is 0. The maximum absolute atomic E-state index is 7.13. The van der Waals surface area contributed by atoms with Crippen molar-refractivity contribution in [1.82, 2.24) is 18.9 Å². The molecule has 0 radical (unpaired) electrons. The topological polar surface area (TPSA) is 47.6 Å². The number of pyridine rings is 1. The van der Waals surface area contributed by atoms with Crippen LogP contribution in [0.1, 0.15) is 0 Å². The fourth-order valence-corrected chi connectivity index (χ4v) is 9.33. The molecule has 5 aromatic heterocycles. The van der Waals surface area contributed by atoms with E-state index in [1.165, 1.54) is 27.2 Å². The maximum Gasteiger partial charge on any atom is 0.236 e. The van der Waals surface area contributed by atoms with Gasteiger partial charge in [-0.1, -0.05) is 127 Å². The fraction of sp³-hybridized carbons (Fsp3) is 0. The number of hydrogen-bond donors (Lipinski definition) is 0. The molecule has 6 nitrogen and oxygen atoms in total. The van der Waals surface area contributed by atoms with Crippen molar-refractivity contribution in [1.29, 1.82) is 0 Å². The fourth-order valence-electron chi connectivity index (χ4n) is 9.33. The molecule has 0 N–H and O–H groups in total. The molecule has 0 saturated carbocycles. The van der Waals surface area contributed by atoms with Gasteiger partial charge in [-0.25, -0.2) is 9.97 Å². The van der Waals surface area contributed by atoms with Crippen LogP contribution in [0.25, 0.3) is 88.1 Å². The first-order valence-corrected chi connectivity index (χ1v) is 19.6. The Balaban J connectivity index is 1.06. The molecule has 0 bridgehead atoms. The van der Waals surface area contributed by atoms with Crippen LogP contribution < -0.4 is 9.64 Å². The third kappa shape index (κ3) is 4.31. The number of benzene rings is 7. The summed E-state index contributed by atoms with van der Waals surface area (Å²) >= 11 is 0. The van der Waals surface area contributed by atoms with Crippen molar-refractivity contribution < 1.29 is 4.74 Å². The van der Waals surface area contributed by atoms with Crippen molar-refractivity contribution in [2.75, 3.05) is 4.90 Å². The Kier molecular flexibility index (Phi) is 6.35. The summed E-state index contributed by atoms with van der Waals surface area (Å²) < 4.78 is 11.8. The number of fused-ring (bicyclic) bond motifs is 11. The number of rotatable bonds is 4. The van der Waals surface area contributed by atoms with Gasteiger partial charge >= 0.3 is 0 Å². The quantitative estimate of drug-likeness (QED) is 0.180. The summed E-state index contributed by atoms with van der Waals surface area (Å²) in [4.78, 5) is 13.0. The van der Waals surface area contributed by atoms with E-state index in [0.717, 1.165) is 83.8 Å². The monoisotopic (exact) mass is 741 g/mol. The Morgan fingerprint density at radius 1 is 0.431 bits per heavy atom. The Hall–Kier alpha value is -7.96. The minimum absolute atomic E-state index is 0.587. The van der Waals surface area contributed by atoms with Gasteiger partial charge in [-0.2, -0.15) is 0 Å². The van der Waals surface area contributed by atoms with Gasteiger partial charge < -0.3 is 13.7 Å². The van der Waals surface area contributed by atoms with Crippen LogP contribution in [-0.4, -0.2) is 18.9 Å². The van der Waals surface area contributed by atoms with E-state index >= 15 is 0 Å². The second kappa shape index (κ2) is 11.8. The van der Waals surface area contributed by atoms with Crippen LogP contribution in [0.2, 0.25) is 0 Å². The molecule has 0 unspecified atom stereocenters. The van der Waals surface area contributed by atoms with Crippen molar-refractivity contribution in [2.24, 2.45) is 0 Å². The molecule has 0 saturated heterocycles. The molecule has 0 spiro atoms. The van der Waals surface area contributed by atoms with Gasteiger partial charge in [0.15, 0.2) is 11.5 Å². The number of anilines is 3. The second-order valence-corrected chi connectivity index (χ2v) is 15.0. The normalized spacial score (nSPS) is 12.6. The number of ether oxygens (including phenoxy) is 1. The van der Waals surface area contributed by atoms with E-state index in [4.69, 9.17) is 14.7 Å². The number of nitrogens with zero attached hydrogens (tertiary/aromatic N) is 5. The third-order valence-corrected chi connectivity index (χ3v) is 11.8. The molecule has 0 aliphatic carbocycles. The molecule has 0 fully saturated rings. The number of hydrogen-bond acceptors (Lipinski definition) is 4. The van der Waals surface area contributed by atoms with Crippen LogP contribution in [0.4, 0.5) is 17.3 Å². The standard InChI is InChI=1S/C52H31N5O/c1-3-14-32(15-4-1)48-39-21-9-11-22-41(39)53-52(54-48)57-45-29-27-34(33-26-28-44-40(30-33)37-19-10-12-23-42(37)55(44)35-16-5-2-6-17-35)31-47(45)58-51-46-25-13-24-43-36-18-7-8-20-38(36)49(50(51)57)56(43)46/h1-31H. The van der Waals surface area contributed by atoms with E-state index in [0.29, 0.717) is 5.95 Å². The molecule has 6 heterocycles. The summed E-state index contributed by atoms with van der Waals surface area (Å²) in [6.07, 6.45) is 0. The smallest absolute Gasteiger partial charge is 0.236 e. The average molecular weight is 742 g/mol. The molecule has 1 aliphatic rings. The van der Waals surface area contributed by atoms with Gasteiger partial charge in [0.25, 0.3) is 0 Å². The Labute approximate surface area is 332 Å². The van der Waals surface area contributed by atoms with E-state index in [9.17, 15) is 0 Å². The molecule has 270 valence electrons. The molecule has 12 aromatic rings. The van der Waals surface area contributed by atoms with Gasteiger partial charge in [0.05, 0.1) is 44.5 Å². The SMILES string of the molecule is c1ccc(-c2nc(N3c4ccc(-c5ccc6c(c5)c5ccccc5n6-c5ccccc5)cc4Oc4c3c3c5ccccc5c5cccc4n53)nc3ccccc23)cc1. The molecule has 6 heteroatoms. The zero-order chi connectivity index (χ0) is 37.9. The minimum Gasteiger partial charge on any atom is -0.451 e. The Bertz CT molecular complexity index is 3610. The lowest BCUT2D eigenvalue weighted by Crippen LogP contribution is -2.18. The van der Waals surface area contributed by atoms with Crippen molar-refractivity contribution in [3.05, 3.63) is 188 Å². The molecular formula is C52H31N5O. The van der Waals surface area contributed by atoms with E-state index in [2.05, 4.69) is 190 Å². The summed E-state index contributed by atoms with van der Waals surface area (Å²) in [5.74, 6) is 2.12. The van der Waals surface area contributed by atoms with Crippen LogP contribution >= 0.6 is 0 Å². The lowest BCUT2D eigenvalue weighted by molar-refractivity contribution is 0.483. The molecule has 1 aliphatic heterocycles. The molecule has 7 aromatic carbocycles. The summed E-state index contributed by atoms with van der Waals surface area (Å²) in [7, 11) is 0. The molecule has 0 atom stereocenters. The Morgan fingerprint density at radius 2 is 1.07 bits per heavy atom. The van der Waals surface area contributed by atoms with Crippen LogP contribution in [0.5, 0.6) is 11.5 Å². The van der Waals surface area contributed by atoms with Gasteiger partial charge in [0.1, 0.15) is 5.69 Å². The van der Waals surface area contributed by atoms with Gasteiger partial charge in [-0.15, -0.1) is 0 Å². The second-order valence-electron chi connectivity index (χ2n) is 15.0. The number of para-hydroxylation sites is 3. The molecule has 58 heavy (non-hydrogen) atoms. The van der Waals surface area contributed by atoms with Crippen molar-refractivity contribution in [2.45, 2.75) is 0 Å². The highest BCUT2D eigenvalue weighted by molar-refractivity contribution is 6.19. The van der Waals surface area contributed by atoms with Gasteiger partial charge in [-0.3, -0.25) is 4.90 Å². The van der Waals surface area contributed by atoms with Crippen molar-refractivity contribution >= 4 is 77.4 Å². The van der Waals surface area contributed by atoms with Crippen LogP contribution in [0, 0.1) is 0 Å². The summed E-state index contributed by atoms with van der Waals surface area (Å²) in [5.41, 5.74) is 13.5. The number of aromatic nitrogens is 4. The lowest BCUT2D eigenvalue weighted by Gasteiger charge is -2.30. The first kappa shape index (κ1) is 31.3. The third-order valence-electron chi connectivity index (χ3n) is 11.8. The summed E-state index contributed by atoms with van der Waals surface area (Å²) in [6, 6.07) is 66.3. The molecule has 13 rings (SSSR count). The molecule has 0 amide bonds. The predicted octanol–water partition coefficient (Wildman–Crippen LogP) is 13.6. The van der Waals surface area contributed by atoms with Crippen molar-refractivity contribution in [3.8, 4) is 39.6 Å².